The van der Waals surface area contributed by atoms with Crippen molar-refractivity contribution in [2.75, 3.05) is 85.8 Å². The molecule has 2 fully saturated rings. The second kappa shape index (κ2) is 10.4. The van der Waals surface area contributed by atoms with Crippen LogP contribution in [0.2, 0.25) is 0 Å². The van der Waals surface area contributed by atoms with Crippen LogP contribution in [0.1, 0.15) is 32.6 Å². The molecule has 0 radical (unpaired) electrons. The molecule has 0 amide bonds. The third-order valence-electron chi connectivity index (χ3n) is 6.44. The zero-order valence-electron chi connectivity index (χ0n) is 17.0. The summed E-state index contributed by atoms with van der Waals surface area (Å²) in [6.45, 7) is 13.9. The van der Waals surface area contributed by atoms with Crippen LogP contribution in [-0.4, -0.2) is 114 Å². The molecular weight excluding hydrogens is 332 g/mol. The number of nitrogens with zero attached hydrogens (tertiary/aromatic N) is 4. The van der Waals surface area contributed by atoms with Crippen LogP contribution in [-0.2, 0) is 10.8 Å². The molecule has 6 heteroatoms. The lowest BCUT2D eigenvalue weighted by molar-refractivity contribution is 0.142. The Balaban J connectivity index is 1.79. The van der Waals surface area contributed by atoms with Gasteiger partial charge in [-0.05, 0) is 52.9 Å². The summed E-state index contributed by atoms with van der Waals surface area (Å²) >= 11 is 0. The fraction of sp³-hybridized carbons (Fsp3) is 1.00. The van der Waals surface area contributed by atoms with E-state index in [9.17, 15) is 4.21 Å². The second-order valence-electron chi connectivity index (χ2n) is 8.13. The first-order valence-corrected chi connectivity index (χ1v) is 11.7. The largest absolute Gasteiger partial charge is 0.304 e. The van der Waals surface area contributed by atoms with Crippen molar-refractivity contribution in [3.63, 3.8) is 0 Å². The Morgan fingerprint density at radius 2 is 1.28 bits per heavy atom. The molecule has 2 aliphatic rings. The topological polar surface area (TPSA) is 30.0 Å². The highest BCUT2D eigenvalue weighted by Crippen LogP contribution is 2.29. The van der Waals surface area contributed by atoms with E-state index in [0.29, 0.717) is 0 Å². The third-order valence-corrected chi connectivity index (χ3v) is 8.35. The molecule has 2 unspecified atom stereocenters. The summed E-state index contributed by atoms with van der Waals surface area (Å²) in [5.74, 6) is 0. The first kappa shape index (κ1) is 21.3. The van der Waals surface area contributed by atoms with Gasteiger partial charge in [0, 0.05) is 74.2 Å². The van der Waals surface area contributed by atoms with Crippen molar-refractivity contribution in [3.05, 3.63) is 0 Å². The average molecular weight is 373 g/mol. The molecule has 0 aliphatic carbocycles. The minimum atomic E-state index is -0.749. The van der Waals surface area contributed by atoms with Gasteiger partial charge in [-0.25, -0.2) is 0 Å². The molecule has 2 saturated heterocycles. The first-order valence-electron chi connectivity index (χ1n) is 10.1. The van der Waals surface area contributed by atoms with Gasteiger partial charge in [0.15, 0.2) is 0 Å². The third kappa shape index (κ3) is 6.58. The Morgan fingerprint density at radius 3 is 1.72 bits per heavy atom. The van der Waals surface area contributed by atoms with Crippen LogP contribution < -0.4 is 0 Å². The predicted octanol–water partition coefficient (Wildman–Crippen LogP) is 1.18. The Hall–Kier alpha value is -0.0100. The number of hydrogen-bond acceptors (Lipinski definition) is 5. The van der Waals surface area contributed by atoms with E-state index in [1.165, 1.54) is 39.1 Å². The lowest BCUT2D eigenvalue weighted by Crippen LogP contribution is -2.47. The van der Waals surface area contributed by atoms with Crippen molar-refractivity contribution >= 4 is 10.8 Å². The van der Waals surface area contributed by atoms with E-state index in [1.54, 1.807) is 0 Å². The fourth-order valence-corrected chi connectivity index (χ4v) is 5.32. The smallest absolute Gasteiger partial charge is 0.0466 e. The van der Waals surface area contributed by atoms with Crippen LogP contribution in [0.4, 0.5) is 0 Å². The van der Waals surface area contributed by atoms with Gasteiger partial charge in [0.25, 0.3) is 0 Å². The maximum Gasteiger partial charge on any atom is 0.0466 e. The summed E-state index contributed by atoms with van der Waals surface area (Å²) in [4.78, 5) is 9.96. The zero-order chi connectivity index (χ0) is 18.3. The zero-order valence-corrected chi connectivity index (χ0v) is 17.8. The summed E-state index contributed by atoms with van der Waals surface area (Å²) in [5.41, 5.74) is 0. The molecule has 0 aromatic heterocycles. The molecule has 0 N–H and O–H groups in total. The van der Waals surface area contributed by atoms with E-state index < -0.39 is 10.8 Å². The number of piperazine rings is 2. The van der Waals surface area contributed by atoms with E-state index in [-0.39, 0.29) is 4.75 Å². The van der Waals surface area contributed by atoms with Crippen LogP contribution in [0.3, 0.4) is 0 Å². The van der Waals surface area contributed by atoms with Gasteiger partial charge in [-0.3, -0.25) is 4.21 Å². The van der Waals surface area contributed by atoms with E-state index in [2.05, 4.69) is 40.6 Å². The van der Waals surface area contributed by atoms with Gasteiger partial charge in [0.2, 0.25) is 0 Å². The second-order valence-corrected chi connectivity index (χ2v) is 9.91. The van der Waals surface area contributed by atoms with Crippen molar-refractivity contribution in [2.45, 2.75) is 37.4 Å². The minimum Gasteiger partial charge on any atom is -0.304 e. The molecule has 5 nitrogen and oxygen atoms in total. The van der Waals surface area contributed by atoms with Crippen molar-refractivity contribution in [2.24, 2.45) is 0 Å². The van der Waals surface area contributed by atoms with Gasteiger partial charge in [-0.2, -0.15) is 0 Å². The summed E-state index contributed by atoms with van der Waals surface area (Å²) in [5, 5.41) is 0. The Bertz CT molecular complexity index is 406. The van der Waals surface area contributed by atoms with Crippen molar-refractivity contribution < 1.29 is 4.21 Å². The summed E-state index contributed by atoms with van der Waals surface area (Å²) in [6, 6.07) is 0. The number of rotatable bonds is 9. The molecule has 0 aromatic carbocycles. The van der Waals surface area contributed by atoms with Gasteiger partial charge in [0.1, 0.15) is 0 Å². The first-order chi connectivity index (χ1) is 11.9. The molecule has 2 atom stereocenters. The summed E-state index contributed by atoms with van der Waals surface area (Å²) in [6.07, 6.45) is 6.33. The Kier molecular flexibility index (Phi) is 8.82. The van der Waals surface area contributed by atoms with Crippen molar-refractivity contribution in [1.29, 1.82) is 0 Å². The van der Waals surface area contributed by atoms with Gasteiger partial charge < -0.3 is 19.6 Å². The average Bonchev–Trinajstić information content (AvgIpc) is 2.61. The molecule has 0 bridgehead atoms. The van der Waals surface area contributed by atoms with Crippen LogP contribution in [0, 0.1) is 0 Å². The molecule has 0 spiro atoms. The standard InChI is InChI=1S/C19H40N4OS/c1-5-19(25(4)24,8-10-23-17-13-21(3)14-18-23)7-6-9-22-15-11-20(2)12-16-22/h5-18H2,1-4H3. The lowest BCUT2D eigenvalue weighted by Gasteiger charge is -2.37. The quantitative estimate of drug-likeness (QED) is 0.606. The van der Waals surface area contributed by atoms with Crippen LogP contribution in [0.15, 0.2) is 0 Å². The van der Waals surface area contributed by atoms with Crippen molar-refractivity contribution in [1.82, 2.24) is 19.6 Å². The maximum atomic E-state index is 12.6. The number of hydrogen-bond donors (Lipinski definition) is 0. The van der Waals surface area contributed by atoms with E-state index in [4.69, 9.17) is 0 Å². The lowest BCUT2D eigenvalue weighted by atomic mass is 9.94. The van der Waals surface area contributed by atoms with Gasteiger partial charge in [-0.1, -0.05) is 6.92 Å². The summed E-state index contributed by atoms with van der Waals surface area (Å²) < 4.78 is 12.6. The molecule has 25 heavy (non-hydrogen) atoms. The number of likely N-dealkylation sites (N-methyl/N-ethyl adjacent to an activating group) is 2. The van der Waals surface area contributed by atoms with Crippen LogP contribution >= 0.6 is 0 Å². The highest BCUT2D eigenvalue weighted by Gasteiger charge is 2.33. The molecule has 2 rings (SSSR count). The maximum absolute atomic E-state index is 12.6. The highest BCUT2D eigenvalue weighted by atomic mass is 32.2. The molecular formula is C19H40N4OS. The normalized spacial score (nSPS) is 25.8. The van der Waals surface area contributed by atoms with Crippen LogP contribution in [0.5, 0.6) is 0 Å². The van der Waals surface area contributed by atoms with E-state index in [1.807, 2.05) is 6.26 Å². The summed E-state index contributed by atoms with van der Waals surface area (Å²) in [7, 11) is 3.66. The Labute approximate surface area is 158 Å². The molecule has 0 saturated carbocycles. The van der Waals surface area contributed by atoms with Gasteiger partial charge >= 0.3 is 0 Å². The fourth-order valence-electron chi connectivity index (χ4n) is 4.10. The molecule has 2 aliphatic heterocycles. The highest BCUT2D eigenvalue weighted by molar-refractivity contribution is 7.85. The molecule has 0 aromatic rings. The van der Waals surface area contributed by atoms with Crippen LogP contribution in [0.25, 0.3) is 0 Å². The van der Waals surface area contributed by atoms with Gasteiger partial charge in [0.05, 0.1) is 0 Å². The van der Waals surface area contributed by atoms with E-state index >= 15 is 0 Å². The van der Waals surface area contributed by atoms with E-state index in [0.717, 1.165) is 52.0 Å². The predicted molar refractivity (Wildman–Crippen MR) is 109 cm³/mol. The molecule has 2 heterocycles. The monoisotopic (exact) mass is 372 g/mol. The van der Waals surface area contributed by atoms with Crippen molar-refractivity contribution in [3.8, 4) is 0 Å². The van der Waals surface area contributed by atoms with Gasteiger partial charge in [-0.15, -0.1) is 0 Å². The Morgan fingerprint density at radius 1 is 0.800 bits per heavy atom. The molecule has 148 valence electrons. The minimum absolute atomic E-state index is 0.00985. The SMILES string of the molecule is CCC(CCCN1CCN(C)CC1)(CCN1CCN(C)CC1)S(C)=O.